The van der Waals surface area contributed by atoms with Crippen molar-refractivity contribution >= 4 is 29.5 Å². The molecule has 3 N–H and O–H groups in total. The number of thioether (sulfide) groups is 1. The highest BCUT2D eigenvalue weighted by Crippen LogP contribution is 2.26. The number of amides is 2. The summed E-state index contributed by atoms with van der Waals surface area (Å²) in [7, 11) is 0. The van der Waals surface area contributed by atoms with E-state index in [1.165, 1.54) is 16.7 Å². The molecule has 1 heterocycles. The highest BCUT2D eigenvalue weighted by Gasteiger charge is 2.35. The molecule has 2 amide bonds. The fourth-order valence-electron chi connectivity index (χ4n) is 4.02. The van der Waals surface area contributed by atoms with Crippen molar-refractivity contribution in [1.29, 1.82) is 0 Å². The largest absolute Gasteiger partial charge is 0.479 e. The molecule has 2 aromatic carbocycles. The van der Waals surface area contributed by atoms with Crippen LogP contribution in [0.1, 0.15) is 37.8 Å². The molecule has 3 rings (SSSR count). The van der Waals surface area contributed by atoms with Crippen LogP contribution >= 0.6 is 11.8 Å². The van der Waals surface area contributed by atoms with Gasteiger partial charge in [-0.3, -0.25) is 9.59 Å². The smallest absolute Gasteiger partial charge is 0.347 e. The number of rotatable bonds is 12. The third kappa shape index (κ3) is 8.37. The van der Waals surface area contributed by atoms with Crippen LogP contribution in [-0.4, -0.2) is 59.1 Å². The van der Waals surface area contributed by atoms with Crippen LogP contribution < -0.4 is 15.8 Å². The first-order chi connectivity index (χ1) is 18.6. The molecule has 1 aliphatic rings. The van der Waals surface area contributed by atoms with Crippen molar-refractivity contribution in [3.63, 3.8) is 0 Å². The zero-order chi connectivity index (χ0) is 28.5. The number of hydrogen-bond donors (Lipinski definition) is 2. The third-order valence-corrected chi connectivity index (χ3v) is 7.24. The number of hydrogen-bond acceptors (Lipinski definition) is 7. The van der Waals surface area contributed by atoms with Crippen LogP contribution in [0.4, 0.5) is 13.2 Å². The topological polar surface area (TPSA) is 111 Å². The Labute approximate surface area is 229 Å². The first-order valence-electron chi connectivity index (χ1n) is 12.6. The molecule has 0 bridgehead atoms. The number of halogens is 3. The van der Waals surface area contributed by atoms with Crippen LogP contribution in [0.5, 0.6) is 5.75 Å². The van der Waals surface area contributed by atoms with Crippen molar-refractivity contribution in [2.45, 2.75) is 57.2 Å². The summed E-state index contributed by atoms with van der Waals surface area (Å²) >= 11 is 1.31. The van der Waals surface area contributed by atoms with E-state index in [1.54, 1.807) is 31.2 Å². The Morgan fingerprint density at radius 1 is 1.10 bits per heavy atom. The third-order valence-electron chi connectivity index (χ3n) is 6.03. The molecule has 12 heteroatoms. The molecule has 3 atom stereocenters. The van der Waals surface area contributed by atoms with Gasteiger partial charge in [0.25, 0.3) is 5.91 Å². The molecule has 1 saturated heterocycles. The molecular formula is C27H32F3N3O5S. The minimum atomic E-state index is -1.30. The molecule has 8 nitrogen and oxygen atoms in total. The van der Waals surface area contributed by atoms with E-state index >= 15 is 0 Å². The van der Waals surface area contributed by atoms with Gasteiger partial charge in [-0.25, -0.2) is 18.0 Å². The minimum absolute atomic E-state index is 0.123. The lowest BCUT2D eigenvalue weighted by atomic mass is 10.0. The highest BCUT2D eigenvalue weighted by molar-refractivity contribution is 8.00. The van der Waals surface area contributed by atoms with Crippen molar-refractivity contribution in [1.82, 2.24) is 10.2 Å². The second-order valence-corrected chi connectivity index (χ2v) is 10.2. The predicted molar refractivity (Wildman–Crippen MR) is 140 cm³/mol. The van der Waals surface area contributed by atoms with Crippen molar-refractivity contribution in [2.75, 3.05) is 18.9 Å². The molecule has 0 radical (unpaired) electrons. The summed E-state index contributed by atoms with van der Waals surface area (Å²) < 4.78 is 51.3. The minimum Gasteiger partial charge on any atom is -0.479 e. The Balaban J connectivity index is 1.51. The molecule has 1 aliphatic heterocycles. The molecule has 0 spiro atoms. The van der Waals surface area contributed by atoms with Gasteiger partial charge < -0.3 is 25.4 Å². The van der Waals surface area contributed by atoms with Gasteiger partial charge in [-0.1, -0.05) is 19.1 Å². The Kier molecular flexibility index (Phi) is 11.0. The summed E-state index contributed by atoms with van der Waals surface area (Å²) in [6, 6.07) is 7.24. The van der Waals surface area contributed by atoms with E-state index < -0.39 is 40.9 Å². The first kappa shape index (κ1) is 30.3. The second-order valence-electron chi connectivity index (χ2n) is 8.96. The number of nitrogens with two attached hydrogens (primary N) is 1. The lowest BCUT2D eigenvalue weighted by Gasteiger charge is -2.24. The van der Waals surface area contributed by atoms with Crippen LogP contribution in [0.2, 0.25) is 0 Å². The fourth-order valence-corrected chi connectivity index (χ4v) is 5.18. The van der Waals surface area contributed by atoms with Gasteiger partial charge in [0.2, 0.25) is 5.91 Å². The Hall–Kier alpha value is -3.25. The second kappa shape index (κ2) is 14.2. The number of nitrogens with zero attached hydrogens (tertiary/aromatic N) is 1. The maximum absolute atomic E-state index is 13.9. The fraction of sp³-hybridized carbons (Fsp3) is 0.444. The number of nitrogens with one attached hydrogen (secondary N) is 1. The Morgan fingerprint density at radius 3 is 2.46 bits per heavy atom. The van der Waals surface area contributed by atoms with Crippen molar-refractivity contribution in [3.8, 4) is 5.75 Å². The monoisotopic (exact) mass is 567 g/mol. The van der Waals surface area contributed by atoms with E-state index in [9.17, 15) is 27.6 Å². The number of ether oxygens (including phenoxy) is 2. The van der Waals surface area contributed by atoms with Gasteiger partial charge in [0.1, 0.15) is 11.6 Å². The van der Waals surface area contributed by atoms with Crippen LogP contribution in [0.15, 0.2) is 36.4 Å². The summed E-state index contributed by atoms with van der Waals surface area (Å²) in [5, 5.41) is 2.07. The van der Waals surface area contributed by atoms with Gasteiger partial charge in [-0.2, -0.15) is 0 Å². The maximum atomic E-state index is 13.9. The number of carbonyl (C=O) groups excluding carboxylic acids is 3. The van der Waals surface area contributed by atoms with Crippen molar-refractivity contribution in [2.24, 2.45) is 5.73 Å². The van der Waals surface area contributed by atoms with Crippen LogP contribution in [-0.2, 0) is 32.1 Å². The van der Waals surface area contributed by atoms with Crippen molar-refractivity contribution in [3.05, 3.63) is 65.0 Å². The summed E-state index contributed by atoms with van der Waals surface area (Å²) in [6.45, 7) is 4.37. The molecule has 39 heavy (non-hydrogen) atoms. The van der Waals surface area contributed by atoms with Gasteiger partial charge in [0, 0.05) is 37.4 Å². The molecule has 0 aromatic heterocycles. The van der Waals surface area contributed by atoms with Gasteiger partial charge in [0.15, 0.2) is 23.1 Å². The van der Waals surface area contributed by atoms with Gasteiger partial charge >= 0.3 is 5.97 Å². The van der Waals surface area contributed by atoms with E-state index in [0.717, 1.165) is 11.6 Å². The normalized spacial score (nSPS) is 16.5. The van der Waals surface area contributed by atoms with E-state index in [4.69, 9.17) is 15.2 Å². The van der Waals surface area contributed by atoms with Gasteiger partial charge in [0.05, 0.1) is 6.61 Å². The standard InChI is InChI=1S/C27H32F3N3O5S/c1-3-23(27(36)37-4-2)38-19-7-5-16(6-8-19)15-32-25(35)26-33(9-10-39-26)24(34)13-18(31)11-17-12-21(29)22(30)14-20(17)28/h5-8,12,14,18,23,26H,3-4,9-11,13,15,31H2,1-2H3,(H,32,35)/t18-,23?,26?/m1/s1. The number of carbonyl (C=O) groups is 3. The first-order valence-corrected chi connectivity index (χ1v) is 13.7. The number of esters is 1. The molecular weight excluding hydrogens is 535 g/mol. The molecule has 2 unspecified atom stereocenters. The Morgan fingerprint density at radius 2 is 1.79 bits per heavy atom. The van der Waals surface area contributed by atoms with E-state index in [1.807, 2.05) is 6.92 Å². The Bertz CT molecular complexity index is 1170. The molecule has 1 fully saturated rings. The zero-order valence-electron chi connectivity index (χ0n) is 21.8. The van der Waals surface area contributed by atoms with Gasteiger partial charge in [-0.15, -0.1) is 11.8 Å². The SMILES string of the molecule is CCOC(=O)C(CC)Oc1ccc(CNC(=O)C2SCCN2C(=O)C[C@H](N)Cc2cc(F)c(F)cc2F)cc1. The lowest BCUT2D eigenvalue weighted by Crippen LogP contribution is -2.46. The van der Waals surface area contributed by atoms with E-state index in [2.05, 4.69) is 5.32 Å². The molecule has 0 saturated carbocycles. The number of benzene rings is 2. The predicted octanol–water partition coefficient (Wildman–Crippen LogP) is 3.30. The van der Waals surface area contributed by atoms with Crippen molar-refractivity contribution < 1.29 is 37.0 Å². The molecule has 0 aliphatic carbocycles. The van der Waals surface area contributed by atoms with Crippen LogP contribution in [0.25, 0.3) is 0 Å². The average molecular weight is 568 g/mol. The average Bonchev–Trinajstić information content (AvgIpc) is 3.40. The molecule has 212 valence electrons. The van der Waals surface area contributed by atoms with Crippen LogP contribution in [0, 0.1) is 17.5 Å². The lowest BCUT2D eigenvalue weighted by molar-refractivity contribution is -0.151. The zero-order valence-corrected chi connectivity index (χ0v) is 22.6. The highest BCUT2D eigenvalue weighted by atomic mass is 32.2. The quantitative estimate of drug-likeness (QED) is 0.299. The summed E-state index contributed by atoms with van der Waals surface area (Å²) in [6.07, 6.45) is -0.598. The summed E-state index contributed by atoms with van der Waals surface area (Å²) in [4.78, 5) is 39.1. The van der Waals surface area contributed by atoms with Crippen LogP contribution in [0.3, 0.4) is 0 Å². The summed E-state index contributed by atoms with van der Waals surface area (Å²) in [5.41, 5.74) is 6.66. The maximum Gasteiger partial charge on any atom is 0.347 e. The van der Waals surface area contributed by atoms with E-state index in [-0.39, 0.29) is 43.4 Å². The van der Waals surface area contributed by atoms with Gasteiger partial charge in [-0.05, 0) is 49.1 Å². The molecule has 2 aromatic rings. The summed E-state index contributed by atoms with van der Waals surface area (Å²) in [5.74, 6) is -3.54. The van der Waals surface area contributed by atoms with E-state index in [0.29, 0.717) is 30.5 Å².